The van der Waals surface area contributed by atoms with Gasteiger partial charge in [-0.2, -0.15) is 5.26 Å². The second kappa shape index (κ2) is 7.86. The Hall–Kier alpha value is -2.88. The highest BCUT2D eigenvalue weighted by Gasteiger charge is 2.39. The van der Waals surface area contributed by atoms with E-state index >= 15 is 0 Å². The van der Waals surface area contributed by atoms with E-state index in [2.05, 4.69) is 35.5 Å². The number of carbonyl (C=O) groups is 1. The molecule has 1 N–H and O–H groups in total. The number of hydrogen-bond acceptors (Lipinski definition) is 5. The number of anilines is 1. The van der Waals surface area contributed by atoms with Gasteiger partial charge in [0, 0.05) is 18.8 Å². The van der Waals surface area contributed by atoms with Crippen LogP contribution in [0.15, 0.2) is 42.5 Å². The Morgan fingerprint density at radius 3 is 2.79 bits per heavy atom. The van der Waals surface area contributed by atoms with Gasteiger partial charge in [0.2, 0.25) is 0 Å². The zero-order valence-corrected chi connectivity index (χ0v) is 16.9. The molecule has 0 bridgehead atoms. The summed E-state index contributed by atoms with van der Waals surface area (Å²) in [5.74, 6) is -0.134. The van der Waals surface area contributed by atoms with Crippen molar-refractivity contribution in [2.45, 2.75) is 32.5 Å². The van der Waals surface area contributed by atoms with Gasteiger partial charge >= 0.3 is 0 Å². The summed E-state index contributed by atoms with van der Waals surface area (Å²) < 4.78 is 5.87. The molecule has 1 amide bonds. The van der Waals surface area contributed by atoms with Gasteiger partial charge in [0.15, 0.2) is 11.8 Å². The molecule has 29 heavy (non-hydrogen) atoms. The molecule has 2 aliphatic heterocycles. The molecule has 6 heteroatoms. The van der Waals surface area contributed by atoms with Gasteiger partial charge in [-0.15, -0.1) is 0 Å². The van der Waals surface area contributed by atoms with Crippen LogP contribution in [0.25, 0.3) is 11.1 Å². The first-order chi connectivity index (χ1) is 14.0. The first-order valence-corrected chi connectivity index (χ1v) is 10.1. The van der Waals surface area contributed by atoms with E-state index in [1.165, 1.54) is 0 Å². The Balaban J connectivity index is 1.65. The molecule has 2 aliphatic rings. The average Bonchev–Trinajstić information content (AvgIpc) is 3.17. The molecule has 150 valence electrons. The third kappa shape index (κ3) is 3.84. The van der Waals surface area contributed by atoms with E-state index in [0.717, 1.165) is 41.0 Å². The third-order valence-electron chi connectivity index (χ3n) is 5.82. The fraction of sp³-hybridized carbons (Fsp3) is 0.391. The van der Waals surface area contributed by atoms with Crippen molar-refractivity contribution >= 4 is 11.6 Å². The highest BCUT2D eigenvalue weighted by atomic mass is 16.5. The van der Waals surface area contributed by atoms with Gasteiger partial charge in [0.05, 0.1) is 19.7 Å². The van der Waals surface area contributed by atoms with Crippen molar-refractivity contribution < 1.29 is 9.53 Å². The summed E-state index contributed by atoms with van der Waals surface area (Å²) in [6, 6.07) is 14.1. The van der Waals surface area contributed by atoms with E-state index in [1.54, 1.807) is 4.90 Å². The van der Waals surface area contributed by atoms with Gasteiger partial charge in [0.1, 0.15) is 0 Å². The van der Waals surface area contributed by atoms with Gasteiger partial charge < -0.3 is 15.0 Å². The van der Waals surface area contributed by atoms with Crippen LogP contribution in [0.3, 0.4) is 0 Å². The van der Waals surface area contributed by atoms with Crippen molar-refractivity contribution in [2.24, 2.45) is 0 Å². The maximum atomic E-state index is 13.1. The topological polar surface area (TPSA) is 68.6 Å². The van der Waals surface area contributed by atoms with Crippen molar-refractivity contribution in [3.63, 3.8) is 0 Å². The van der Waals surface area contributed by atoms with Gasteiger partial charge in [-0.1, -0.05) is 37.3 Å². The van der Waals surface area contributed by atoms with Crippen molar-refractivity contribution in [1.29, 1.82) is 5.26 Å². The summed E-state index contributed by atoms with van der Waals surface area (Å²) in [4.78, 5) is 17.1. The van der Waals surface area contributed by atoms with E-state index in [9.17, 15) is 10.1 Å². The smallest absolute Gasteiger partial charge is 0.257 e. The average molecular weight is 390 g/mol. The lowest BCUT2D eigenvalue weighted by Gasteiger charge is -2.38. The number of benzene rings is 2. The Morgan fingerprint density at radius 1 is 1.28 bits per heavy atom. The normalized spacial score (nSPS) is 21.5. The lowest BCUT2D eigenvalue weighted by atomic mass is 9.95. The third-order valence-corrected chi connectivity index (χ3v) is 5.82. The fourth-order valence-electron chi connectivity index (χ4n) is 4.15. The molecular formula is C23H26N4O2. The summed E-state index contributed by atoms with van der Waals surface area (Å²) in [6.45, 7) is 7.98. The summed E-state index contributed by atoms with van der Waals surface area (Å²) in [6.07, 6.45) is 2.24. The van der Waals surface area contributed by atoms with Gasteiger partial charge in [-0.25, -0.2) is 0 Å². The maximum absolute atomic E-state index is 13.1. The summed E-state index contributed by atoms with van der Waals surface area (Å²) in [5, 5.41) is 12.4. The summed E-state index contributed by atoms with van der Waals surface area (Å²) in [5.41, 5.74) is 4.23. The number of ether oxygens (including phenoxy) is 1. The van der Waals surface area contributed by atoms with Crippen LogP contribution in [0.2, 0.25) is 0 Å². The number of nitrogens with zero attached hydrogens (tertiary/aromatic N) is 3. The number of rotatable bonds is 4. The van der Waals surface area contributed by atoms with Crippen LogP contribution in [-0.2, 0) is 22.6 Å². The maximum Gasteiger partial charge on any atom is 0.257 e. The van der Waals surface area contributed by atoms with Crippen LogP contribution in [0.4, 0.5) is 5.69 Å². The molecule has 6 nitrogen and oxygen atoms in total. The molecule has 1 fully saturated rings. The lowest BCUT2D eigenvalue weighted by molar-refractivity contribution is -0.150. The Bertz CT molecular complexity index is 953. The molecule has 1 unspecified atom stereocenters. The number of morpholine rings is 1. The van der Waals surface area contributed by atoms with Gasteiger partial charge in [-0.3, -0.25) is 9.69 Å². The Morgan fingerprint density at radius 2 is 2.07 bits per heavy atom. The Kier molecular flexibility index (Phi) is 5.27. The number of fused-ring (bicyclic) bond motifs is 1. The molecule has 0 spiro atoms. The molecule has 1 saturated heterocycles. The largest absolute Gasteiger partial charge is 0.363 e. The zero-order valence-electron chi connectivity index (χ0n) is 16.9. The number of likely N-dealkylation sites (N-methyl/N-ethyl adjacent to an activating group) is 1. The van der Waals surface area contributed by atoms with Crippen LogP contribution in [-0.4, -0.2) is 47.5 Å². The SMILES string of the molecule is CCN1CCOC(C)(C(=O)Nc2cc3c(c(-c4ccccc4)c2)CN(C#N)C3)C1. The number of nitriles is 1. The molecule has 2 aromatic rings. The highest BCUT2D eigenvalue weighted by molar-refractivity contribution is 5.98. The van der Waals surface area contributed by atoms with Gasteiger partial charge in [0.25, 0.3) is 5.91 Å². The van der Waals surface area contributed by atoms with Gasteiger partial charge in [-0.05, 0) is 47.9 Å². The fourth-order valence-corrected chi connectivity index (χ4v) is 4.15. The van der Waals surface area contributed by atoms with E-state index < -0.39 is 5.60 Å². The molecule has 0 aromatic heterocycles. The number of amides is 1. The molecule has 4 rings (SSSR count). The van der Waals surface area contributed by atoms with E-state index in [-0.39, 0.29) is 5.91 Å². The Labute approximate surface area is 171 Å². The number of hydrogen-bond donors (Lipinski definition) is 1. The van der Waals surface area contributed by atoms with Crippen molar-refractivity contribution in [3.8, 4) is 17.3 Å². The first-order valence-electron chi connectivity index (χ1n) is 10.1. The first kappa shape index (κ1) is 19.4. The summed E-state index contributed by atoms with van der Waals surface area (Å²) in [7, 11) is 0. The van der Waals surface area contributed by atoms with Crippen molar-refractivity contribution in [2.75, 3.05) is 31.6 Å². The molecule has 0 saturated carbocycles. The second-order valence-corrected chi connectivity index (χ2v) is 7.89. The van der Waals surface area contributed by atoms with Crippen LogP contribution in [0.1, 0.15) is 25.0 Å². The molecule has 1 atom stereocenters. The van der Waals surface area contributed by atoms with Crippen molar-refractivity contribution in [1.82, 2.24) is 9.80 Å². The van der Waals surface area contributed by atoms with Crippen LogP contribution in [0, 0.1) is 11.5 Å². The summed E-state index contributed by atoms with van der Waals surface area (Å²) >= 11 is 0. The lowest BCUT2D eigenvalue weighted by Crippen LogP contribution is -2.56. The standard InChI is InChI=1S/C23H26N4O2/c1-3-26-9-10-29-23(2,15-26)22(28)25-19-11-18-13-27(16-24)14-21(18)20(12-19)17-7-5-4-6-8-17/h4-8,11-12H,3,9-10,13-15H2,1-2H3,(H,25,28). The van der Waals surface area contributed by atoms with Crippen LogP contribution < -0.4 is 5.32 Å². The predicted molar refractivity (Wildman–Crippen MR) is 112 cm³/mol. The minimum absolute atomic E-state index is 0.134. The quantitative estimate of drug-likeness (QED) is 0.812. The monoisotopic (exact) mass is 390 g/mol. The molecule has 2 heterocycles. The van der Waals surface area contributed by atoms with E-state index in [1.807, 2.05) is 37.3 Å². The molecule has 0 radical (unpaired) electrons. The predicted octanol–water partition coefficient (Wildman–Crippen LogP) is 3.20. The van der Waals surface area contributed by atoms with Crippen molar-refractivity contribution in [3.05, 3.63) is 53.6 Å². The minimum atomic E-state index is -0.876. The second-order valence-electron chi connectivity index (χ2n) is 7.89. The van der Waals surface area contributed by atoms with Crippen LogP contribution in [0.5, 0.6) is 0 Å². The molecule has 2 aromatic carbocycles. The zero-order chi connectivity index (χ0) is 20.4. The molecule has 0 aliphatic carbocycles. The van der Waals surface area contributed by atoms with E-state index in [4.69, 9.17) is 4.74 Å². The minimum Gasteiger partial charge on any atom is -0.363 e. The van der Waals surface area contributed by atoms with Crippen LogP contribution >= 0.6 is 0 Å². The molecular weight excluding hydrogens is 364 g/mol. The number of carbonyl (C=O) groups excluding carboxylic acids is 1. The highest BCUT2D eigenvalue weighted by Crippen LogP contribution is 2.35. The number of nitrogens with one attached hydrogen (secondary N) is 1. The van der Waals surface area contributed by atoms with E-state index in [0.29, 0.717) is 26.2 Å².